The number of anilines is 1. The van der Waals surface area contributed by atoms with E-state index in [9.17, 15) is 19.5 Å². The second kappa shape index (κ2) is 13.2. The number of alkyl carbamates (subject to hydrolysis) is 1. The summed E-state index contributed by atoms with van der Waals surface area (Å²) < 4.78 is 5.46. The van der Waals surface area contributed by atoms with Crippen LogP contribution in [0.5, 0.6) is 5.75 Å². The number of benzene rings is 4. The number of hydrogen-bond donors (Lipinski definition) is 3. The lowest BCUT2D eigenvalue weighted by Gasteiger charge is -2.34. The number of carbonyl (C=O) groups is 3. The molecule has 8 heteroatoms. The van der Waals surface area contributed by atoms with Crippen molar-refractivity contribution in [3.63, 3.8) is 0 Å². The van der Waals surface area contributed by atoms with Crippen molar-refractivity contribution in [1.82, 2.24) is 10.2 Å². The van der Waals surface area contributed by atoms with Gasteiger partial charge in [-0.25, -0.2) is 4.79 Å². The lowest BCUT2D eigenvalue weighted by Crippen LogP contribution is -2.53. The molecule has 0 aliphatic heterocycles. The van der Waals surface area contributed by atoms with E-state index >= 15 is 0 Å². The van der Waals surface area contributed by atoms with Crippen LogP contribution < -0.4 is 10.6 Å². The van der Waals surface area contributed by atoms with Gasteiger partial charge in [0.05, 0.1) is 0 Å². The average Bonchev–Trinajstić information content (AvgIpc) is 2.94. The summed E-state index contributed by atoms with van der Waals surface area (Å²) in [4.78, 5) is 42.4. The summed E-state index contributed by atoms with van der Waals surface area (Å²) in [5.41, 5.74) is 1.07. The van der Waals surface area contributed by atoms with E-state index in [4.69, 9.17) is 4.74 Å². The third-order valence-electron chi connectivity index (χ3n) is 6.66. The average molecular weight is 568 g/mol. The van der Waals surface area contributed by atoms with Crippen molar-refractivity contribution in [2.45, 2.75) is 51.8 Å². The van der Waals surface area contributed by atoms with E-state index in [0.717, 1.165) is 16.3 Å². The predicted molar refractivity (Wildman–Crippen MR) is 164 cm³/mol. The fourth-order valence-corrected chi connectivity index (χ4v) is 4.81. The molecule has 218 valence electrons. The van der Waals surface area contributed by atoms with Gasteiger partial charge >= 0.3 is 6.09 Å². The summed E-state index contributed by atoms with van der Waals surface area (Å²) in [7, 11) is 0. The van der Waals surface area contributed by atoms with Crippen LogP contribution in [0.4, 0.5) is 10.5 Å². The highest BCUT2D eigenvalue weighted by Crippen LogP contribution is 2.28. The van der Waals surface area contributed by atoms with Gasteiger partial charge in [0.2, 0.25) is 5.91 Å². The number of hydrogen-bond acceptors (Lipinski definition) is 5. The van der Waals surface area contributed by atoms with Crippen LogP contribution in [0, 0.1) is 0 Å². The summed E-state index contributed by atoms with van der Waals surface area (Å²) in [6.07, 6.45) is -0.545. The molecule has 0 bridgehead atoms. The molecule has 0 saturated heterocycles. The molecule has 4 rings (SSSR count). The third kappa shape index (κ3) is 7.87. The zero-order valence-corrected chi connectivity index (χ0v) is 24.3. The van der Waals surface area contributed by atoms with Gasteiger partial charge in [-0.15, -0.1) is 0 Å². The van der Waals surface area contributed by atoms with E-state index in [1.807, 2.05) is 66.7 Å². The molecule has 4 aromatic carbocycles. The monoisotopic (exact) mass is 567 g/mol. The van der Waals surface area contributed by atoms with Crippen molar-refractivity contribution in [3.8, 4) is 5.75 Å². The first kappa shape index (κ1) is 30.1. The van der Waals surface area contributed by atoms with Crippen LogP contribution in [-0.4, -0.2) is 46.1 Å². The predicted octanol–water partition coefficient (Wildman–Crippen LogP) is 6.21. The van der Waals surface area contributed by atoms with Gasteiger partial charge in [0.15, 0.2) is 0 Å². The van der Waals surface area contributed by atoms with Gasteiger partial charge < -0.3 is 25.4 Å². The number of carbonyl (C=O) groups excluding carboxylic acids is 3. The molecule has 0 spiro atoms. The molecule has 2 atom stereocenters. The van der Waals surface area contributed by atoms with Crippen molar-refractivity contribution in [1.29, 1.82) is 0 Å². The number of nitrogens with one attached hydrogen (secondary N) is 2. The minimum atomic E-state index is -1.10. The van der Waals surface area contributed by atoms with Gasteiger partial charge in [-0.2, -0.15) is 0 Å². The first-order valence-corrected chi connectivity index (χ1v) is 14.0. The zero-order chi connectivity index (χ0) is 30.3. The molecule has 3 amide bonds. The van der Waals surface area contributed by atoms with Gasteiger partial charge in [0, 0.05) is 18.7 Å². The first-order chi connectivity index (χ1) is 20.0. The lowest BCUT2D eigenvalue weighted by atomic mass is 10.00. The minimum absolute atomic E-state index is 0.0350. The van der Waals surface area contributed by atoms with Crippen molar-refractivity contribution in [2.24, 2.45) is 0 Å². The van der Waals surface area contributed by atoms with Gasteiger partial charge in [-0.05, 0) is 73.9 Å². The molecule has 0 saturated carbocycles. The summed E-state index contributed by atoms with van der Waals surface area (Å²) in [6.45, 7) is 7.16. The Morgan fingerprint density at radius 3 is 2.21 bits per heavy atom. The number of fused-ring (bicyclic) bond motifs is 1. The molecule has 0 heterocycles. The molecule has 0 fully saturated rings. The van der Waals surface area contributed by atoms with E-state index in [2.05, 4.69) is 10.6 Å². The number of nitrogens with zero attached hydrogens (tertiary/aromatic N) is 1. The number of phenolic OH excluding ortho intramolecular Hbond substituents is 1. The Morgan fingerprint density at radius 2 is 1.55 bits per heavy atom. The van der Waals surface area contributed by atoms with Crippen LogP contribution in [0.25, 0.3) is 10.8 Å². The highest BCUT2D eigenvalue weighted by Gasteiger charge is 2.36. The van der Waals surface area contributed by atoms with Crippen molar-refractivity contribution in [3.05, 3.63) is 108 Å². The van der Waals surface area contributed by atoms with E-state index in [1.54, 1.807) is 45.9 Å². The first-order valence-electron chi connectivity index (χ1n) is 14.0. The minimum Gasteiger partial charge on any atom is -0.508 e. The normalized spacial score (nSPS) is 12.7. The fraction of sp³-hybridized carbons (Fsp3) is 0.265. The SMILES string of the molecule is CCN(C(=O)C(Cc1ccccc1)NC(=O)OC(C)(C)C)C(C(=O)Nc1ccc2ccccc2c1)c1cccc(O)c1. The van der Waals surface area contributed by atoms with Crippen LogP contribution in [0.3, 0.4) is 0 Å². The topological polar surface area (TPSA) is 108 Å². The Hall–Kier alpha value is -4.85. The van der Waals surface area contributed by atoms with E-state index in [0.29, 0.717) is 11.3 Å². The van der Waals surface area contributed by atoms with E-state index in [-0.39, 0.29) is 18.7 Å². The molecule has 42 heavy (non-hydrogen) atoms. The summed E-state index contributed by atoms with van der Waals surface area (Å²) in [5, 5.41) is 17.9. The Morgan fingerprint density at radius 1 is 0.857 bits per heavy atom. The van der Waals surface area contributed by atoms with Crippen LogP contribution >= 0.6 is 0 Å². The number of ether oxygens (including phenoxy) is 1. The number of likely N-dealkylation sites (N-methyl/N-ethyl adjacent to an activating group) is 1. The number of rotatable bonds is 9. The number of phenols is 1. The molecule has 4 aromatic rings. The standard InChI is InChI=1S/C34H37N3O5/c1-5-37(32(40)29(20-23-12-7-6-8-13-23)36-33(41)42-34(2,3)4)30(26-16-11-17-28(38)22-26)31(39)35-27-19-18-24-14-9-10-15-25(24)21-27/h6-19,21-22,29-30,38H,5,20H2,1-4H3,(H,35,39)(H,36,41). The molecule has 8 nitrogen and oxygen atoms in total. The quantitative estimate of drug-likeness (QED) is 0.223. The van der Waals surface area contributed by atoms with Crippen LogP contribution in [0.2, 0.25) is 0 Å². The largest absolute Gasteiger partial charge is 0.508 e. The van der Waals surface area contributed by atoms with Crippen molar-refractivity contribution in [2.75, 3.05) is 11.9 Å². The molecule has 0 aliphatic carbocycles. The zero-order valence-electron chi connectivity index (χ0n) is 24.3. The molecule has 2 unspecified atom stereocenters. The fourth-order valence-electron chi connectivity index (χ4n) is 4.81. The van der Waals surface area contributed by atoms with Crippen LogP contribution in [0.1, 0.15) is 44.9 Å². The van der Waals surface area contributed by atoms with Crippen molar-refractivity contribution < 1.29 is 24.2 Å². The van der Waals surface area contributed by atoms with Gasteiger partial charge in [-0.1, -0.05) is 72.8 Å². The highest BCUT2D eigenvalue weighted by molar-refractivity contribution is 6.00. The highest BCUT2D eigenvalue weighted by atomic mass is 16.6. The van der Waals surface area contributed by atoms with Gasteiger partial charge in [0.1, 0.15) is 23.4 Å². The number of amides is 3. The Balaban J connectivity index is 1.69. The summed E-state index contributed by atoms with van der Waals surface area (Å²) >= 11 is 0. The third-order valence-corrected chi connectivity index (χ3v) is 6.66. The number of aromatic hydroxyl groups is 1. The Bertz CT molecular complexity index is 1550. The summed E-state index contributed by atoms with van der Waals surface area (Å²) in [5.74, 6) is -0.955. The summed E-state index contributed by atoms with van der Waals surface area (Å²) in [6, 6.07) is 26.9. The molecule has 3 N–H and O–H groups in total. The van der Waals surface area contributed by atoms with Crippen LogP contribution in [0.15, 0.2) is 97.1 Å². The van der Waals surface area contributed by atoms with Crippen LogP contribution in [-0.2, 0) is 20.7 Å². The Labute approximate surface area is 246 Å². The van der Waals surface area contributed by atoms with Gasteiger partial charge in [-0.3, -0.25) is 9.59 Å². The van der Waals surface area contributed by atoms with E-state index in [1.165, 1.54) is 17.0 Å². The second-order valence-electron chi connectivity index (χ2n) is 11.1. The van der Waals surface area contributed by atoms with Crippen molar-refractivity contribution >= 4 is 34.4 Å². The lowest BCUT2D eigenvalue weighted by molar-refractivity contribution is -0.140. The molecule has 0 aliphatic rings. The molecule has 0 aromatic heterocycles. The molecular weight excluding hydrogens is 530 g/mol. The molecular formula is C34H37N3O5. The van der Waals surface area contributed by atoms with E-state index < -0.39 is 35.6 Å². The maximum absolute atomic E-state index is 14.2. The smallest absolute Gasteiger partial charge is 0.408 e. The molecule has 0 radical (unpaired) electrons. The Kier molecular flexibility index (Phi) is 9.47. The van der Waals surface area contributed by atoms with Gasteiger partial charge in [0.25, 0.3) is 5.91 Å². The maximum Gasteiger partial charge on any atom is 0.408 e. The maximum atomic E-state index is 14.2. The second-order valence-corrected chi connectivity index (χ2v) is 11.1.